The SMILES string of the molecule is CNC(C)c1c(OC)cccc1N1CCCC(CO)C1. The van der Waals surface area contributed by atoms with Crippen molar-refractivity contribution in [2.45, 2.75) is 25.8 Å². The Bertz CT molecular complexity index is 436. The first-order chi connectivity index (χ1) is 9.71. The molecule has 2 rings (SSSR count). The van der Waals surface area contributed by atoms with Gasteiger partial charge < -0.3 is 20.1 Å². The molecule has 0 bridgehead atoms. The first-order valence-corrected chi connectivity index (χ1v) is 7.41. The van der Waals surface area contributed by atoms with Crippen LogP contribution in [0.1, 0.15) is 31.4 Å². The summed E-state index contributed by atoms with van der Waals surface area (Å²) < 4.78 is 5.54. The van der Waals surface area contributed by atoms with Crippen LogP contribution < -0.4 is 15.0 Å². The molecule has 2 N–H and O–H groups in total. The second-order valence-electron chi connectivity index (χ2n) is 5.54. The van der Waals surface area contributed by atoms with E-state index in [0.717, 1.165) is 31.7 Å². The fourth-order valence-corrected chi connectivity index (χ4v) is 3.00. The van der Waals surface area contributed by atoms with Crippen molar-refractivity contribution < 1.29 is 9.84 Å². The van der Waals surface area contributed by atoms with Gasteiger partial charge in [-0.1, -0.05) is 6.07 Å². The molecule has 1 aliphatic rings. The Kier molecular flexibility index (Phi) is 5.26. The van der Waals surface area contributed by atoms with Gasteiger partial charge in [0, 0.05) is 37.0 Å². The van der Waals surface area contributed by atoms with Crippen molar-refractivity contribution in [1.82, 2.24) is 5.32 Å². The summed E-state index contributed by atoms with van der Waals surface area (Å²) in [4.78, 5) is 2.38. The second-order valence-corrected chi connectivity index (χ2v) is 5.54. The lowest BCUT2D eigenvalue weighted by molar-refractivity contribution is 0.208. The van der Waals surface area contributed by atoms with Crippen LogP contribution in [0.2, 0.25) is 0 Å². The molecule has 4 heteroatoms. The Hall–Kier alpha value is -1.26. The molecule has 20 heavy (non-hydrogen) atoms. The van der Waals surface area contributed by atoms with Crippen molar-refractivity contribution in [3.8, 4) is 5.75 Å². The molecule has 2 unspecified atom stereocenters. The van der Waals surface area contributed by atoms with Crippen LogP contribution in [-0.2, 0) is 0 Å². The van der Waals surface area contributed by atoms with E-state index in [1.54, 1.807) is 7.11 Å². The topological polar surface area (TPSA) is 44.7 Å². The molecule has 1 heterocycles. The third kappa shape index (κ3) is 3.07. The summed E-state index contributed by atoms with van der Waals surface area (Å²) in [7, 11) is 3.69. The van der Waals surface area contributed by atoms with E-state index in [9.17, 15) is 5.11 Å². The van der Waals surface area contributed by atoms with E-state index in [0.29, 0.717) is 5.92 Å². The smallest absolute Gasteiger partial charge is 0.125 e. The number of hydrogen-bond donors (Lipinski definition) is 2. The third-order valence-electron chi connectivity index (χ3n) is 4.25. The standard InChI is InChI=1S/C16H26N2O2/c1-12(17-2)16-14(7-4-8-15(16)20-3)18-9-5-6-13(10-18)11-19/h4,7-8,12-13,17,19H,5-6,9-11H2,1-3H3. The molecule has 0 amide bonds. The van der Waals surface area contributed by atoms with Crippen molar-refractivity contribution in [2.75, 3.05) is 38.8 Å². The molecule has 1 aliphatic heterocycles. The maximum Gasteiger partial charge on any atom is 0.125 e. The Morgan fingerprint density at radius 1 is 1.50 bits per heavy atom. The number of piperidine rings is 1. The van der Waals surface area contributed by atoms with Crippen LogP contribution >= 0.6 is 0 Å². The van der Waals surface area contributed by atoms with Crippen LogP contribution in [0, 0.1) is 5.92 Å². The summed E-state index contributed by atoms with van der Waals surface area (Å²) in [5, 5.41) is 12.7. The molecular formula is C16H26N2O2. The van der Waals surface area contributed by atoms with Gasteiger partial charge in [0.05, 0.1) is 7.11 Å². The number of methoxy groups -OCH3 is 1. The van der Waals surface area contributed by atoms with Crippen molar-refractivity contribution in [3.63, 3.8) is 0 Å². The third-order valence-corrected chi connectivity index (χ3v) is 4.25. The van der Waals surface area contributed by atoms with Gasteiger partial charge in [-0.3, -0.25) is 0 Å². The lowest BCUT2D eigenvalue weighted by Crippen LogP contribution is -2.37. The number of rotatable bonds is 5. The molecule has 1 aromatic carbocycles. The number of aliphatic hydroxyl groups is 1. The number of hydrogen-bond acceptors (Lipinski definition) is 4. The number of benzene rings is 1. The average molecular weight is 278 g/mol. The van der Waals surface area contributed by atoms with Gasteiger partial charge >= 0.3 is 0 Å². The van der Waals surface area contributed by atoms with E-state index in [2.05, 4.69) is 23.2 Å². The zero-order valence-electron chi connectivity index (χ0n) is 12.7. The molecule has 2 atom stereocenters. The zero-order valence-corrected chi connectivity index (χ0v) is 12.7. The number of ether oxygens (including phenoxy) is 1. The fourth-order valence-electron chi connectivity index (χ4n) is 3.00. The molecular weight excluding hydrogens is 252 g/mol. The molecule has 0 radical (unpaired) electrons. The minimum atomic E-state index is 0.232. The Labute approximate surface area is 121 Å². The predicted octanol–water partition coefficient (Wildman–Crippen LogP) is 2.18. The summed E-state index contributed by atoms with van der Waals surface area (Å²) in [5.74, 6) is 1.31. The Morgan fingerprint density at radius 2 is 2.30 bits per heavy atom. The summed E-state index contributed by atoms with van der Waals surface area (Å²) in [5.41, 5.74) is 2.43. The first kappa shape index (κ1) is 15.1. The van der Waals surface area contributed by atoms with E-state index in [1.165, 1.54) is 11.3 Å². The highest BCUT2D eigenvalue weighted by atomic mass is 16.5. The van der Waals surface area contributed by atoms with Crippen LogP contribution in [-0.4, -0.2) is 39.0 Å². The lowest BCUT2D eigenvalue weighted by Gasteiger charge is -2.36. The molecule has 0 spiro atoms. The number of aliphatic hydroxyl groups excluding tert-OH is 1. The van der Waals surface area contributed by atoms with Crippen LogP contribution in [0.15, 0.2) is 18.2 Å². The van der Waals surface area contributed by atoms with Crippen molar-refractivity contribution >= 4 is 5.69 Å². The monoisotopic (exact) mass is 278 g/mol. The highest BCUT2D eigenvalue weighted by Crippen LogP contribution is 2.36. The fraction of sp³-hybridized carbons (Fsp3) is 0.625. The Morgan fingerprint density at radius 3 is 2.95 bits per heavy atom. The normalized spacial score (nSPS) is 20.8. The summed E-state index contributed by atoms with van der Waals surface area (Å²) in [6.45, 7) is 4.40. The van der Waals surface area contributed by atoms with E-state index in [4.69, 9.17) is 4.74 Å². The van der Waals surface area contributed by atoms with Gasteiger partial charge in [0.1, 0.15) is 5.75 Å². The molecule has 0 saturated carbocycles. The minimum Gasteiger partial charge on any atom is -0.496 e. The minimum absolute atomic E-state index is 0.232. The number of anilines is 1. The zero-order chi connectivity index (χ0) is 14.5. The molecule has 112 valence electrons. The number of nitrogens with one attached hydrogen (secondary N) is 1. The molecule has 0 aliphatic carbocycles. The molecule has 4 nitrogen and oxygen atoms in total. The maximum absolute atomic E-state index is 9.42. The molecule has 0 aromatic heterocycles. The Balaban J connectivity index is 2.34. The molecule has 1 saturated heterocycles. The largest absolute Gasteiger partial charge is 0.496 e. The van der Waals surface area contributed by atoms with Gasteiger partial charge in [0.15, 0.2) is 0 Å². The van der Waals surface area contributed by atoms with Crippen molar-refractivity contribution in [3.05, 3.63) is 23.8 Å². The van der Waals surface area contributed by atoms with E-state index in [-0.39, 0.29) is 12.6 Å². The van der Waals surface area contributed by atoms with Gasteiger partial charge in [-0.2, -0.15) is 0 Å². The van der Waals surface area contributed by atoms with E-state index < -0.39 is 0 Å². The van der Waals surface area contributed by atoms with Gasteiger partial charge in [0.2, 0.25) is 0 Å². The second kappa shape index (κ2) is 6.95. The first-order valence-electron chi connectivity index (χ1n) is 7.41. The van der Waals surface area contributed by atoms with E-state index >= 15 is 0 Å². The molecule has 1 aromatic rings. The van der Waals surface area contributed by atoms with Crippen LogP contribution in [0.25, 0.3) is 0 Å². The van der Waals surface area contributed by atoms with Gasteiger partial charge in [-0.25, -0.2) is 0 Å². The quantitative estimate of drug-likeness (QED) is 0.866. The maximum atomic E-state index is 9.42. The highest BCUT2D eigenvalue weighted by Gasteiger charge is 2.24. The van der Waals surface area contributed by atoms with Crippen LogP contribution in [0.5, 0.6) is 5.75 Å². The van der Waals surface area contributed by atoms with Crippen LogP contribution in [0.4, 0.5) is 5.69 Å². The van der Waals surface area contributed by atoms with Gasteiger partial charge in [-0.05, 0) is 44.9 Å². The van der Waals surface area contributed by atoms with Crippen molar-refractivity contribution in [2.24, 2.45) is 5.92 Å². The lowest BCUT2D eigenvalue weighted by atomic mass is 9.96. The summed E-state index contributed by atoms with van der Waals surface area (Å²) in [6, 6.07) is 6.45. The average Bonchev–Trinajstić information content (AvgIpc) is 2.53. The summed E-state index contributed by atoms with van der Waals surface area (Å²) >= 11 is 0. The summed E-state index contributed by atoms with van der Waals surface area (Å²) in [6.07, 6.45) is 2.25. The van der Waals surface area contributed by atoms with Gasteiger partial charge in [0.25, 0.3) is 0 Å². The van der Waals surface area contributed by atoms with Crippen LogP contribution in [0.3, 0.4) is 0 Å². The van der Waals surface area contributed by atoms with Crippen molar-refractivity contribution in [1.29, 1.82) is 0 Å². The number of nitrogens with zero attached hydrogens (tertiary/aromatic N) is 1. The van der Waals surface area contributed by atoms with Gasteiger partial charge in [-0.15, -0.1) is 0 Å². The predicted molar refractivity (Wildman–Crippen MR) is 82.5 cm³/mol. The van der Waals surface area contributed by atoms with E-state index in [1.807, 2.05) is 19.2 Å². The molecule has 1 fully saturated rings. The highest BCUT2D eigenvalue weighted by molar-refractivity contribution is 5.61.